The fraction of sp³-hybridized carbons (Fsp3) is 0.231. The SMILES string of the molecule is Cc1ccc(S(=O)(=O)C2N=COC2c2cc3c(ncn3CCS(C)(=O)=O)c(F)c2Nc2cccc(Br)c2Cl)cc1. The van der Waals surface area contributed by atoms with Crippen molar-refractivity contribution in [2.75, 3.05) is 17.3 Å². The van der Waals surface area contributed by atoms with Crippen molar-refractivity contribution in [3.05, 3.63) is 81.3 Å². The molecular weight excluding hydrogens is 647 g/mol. The molecule has 0 saturated carbocycles. The minimum Gasteiger partial charge on any atom is -0.472 e. The van der Waals surface area contributed by atoms with E-state index in [-0.39, 0.29) is 44.5 Å². The Morgan fingerprint density at radius 3 is 2.58 bits per heavy atom. The number of ether oxygens (including phenoxy) is 1. The van der Waals surface area contributed by atoms with E-state index < -0.39 is 37.0 Å². The lowest BCUT2D eigenvalue weighted by atomic mass is 10.0. The van der Waals surface area contributed by atoms with Crippen molar-refractivity contribution in [1.82, 2.24) is 9.55 Å². The van der Waals surface area contributed by atoms with Gasteiger partial charge in [-0.2, -0.15) is 0 Å². The third-order valence-corrected chi connectivity index (χ3v) is 10.6. The summed E-state index contributed by atoms with van der Waals surface area (Å²) in [6.07, 6.45) is 2.24. The number of rotatable bonds is 8. The molecule has 1 aromatic heterocycles. The predicted octanol–water partition coefficient (Wildman–Crippen LogP) is 5.59. The maximum absolute atomic E-state index is 16.2. The van der Waals surface area contributed by atoms with Crippen LogP contribution < -0.4 is 5.32 Å². The molecule has 0 spiro atoms. The van der Waals surface area contributed by atoms with Gasteiger partial charge in [0, 0.05) is 22.8 Å². The summed E-state index contributed by atoms with van der Waals surface area (Å²) in [5.74, 6) is -0.986. The van der Waals surface area contributed by atoms with Crippen molar-refractivity contribution in [3.8, 4) is 0 Å². The number of aryl methyl sites for hydroxylation is 2. The minimum absolute atomic E-state index is 0.0194. The highest BCUT2D eigenvalue weighted by Crippen LogP contribution is 2.43. The lowest BCUT2D eigenvalue weighted by Crippen LogP contribution is -2.25. The highest BCUT2D eigenvalue weighted by molar-refractivity contribution is 9.10. The number of imidazole rings is 1. The molecule has 1 aliphatic heterocycles. The number of fused-ring (bicyclic) bond motifs is 1. The van der Waals surface area contributed by atoms with Crippen molar-refractivity contribution in [3.63, 3.8) is 0 Å². The Morgan fingerprint density at radius 2 is 1.88 bits per heavy atom. The Kier molecular flexibility index (Phi) is 7.68. The van der Waals surface area contributed by atoms with Gasteiger partial charge in [-0.15, -0.1) is 0 Å². The first-order valence-corrected chi connectivity index (χ1v) is 16.7. The molecule has 2 heterocycles. The van der Waals surface area contributed by atoms with E-state index in [1.54, 1.807) is 36.4 Å². The molecule has 2 unspecified atom stereocenters. The normalized spacial score (nSPS) is 17.3. The average Bonchev–Trinajstić information content (AvgIpc) is 3.55. The second kappa shape index (κ2) is 10.8. The molecule has 1 aliphatic rings. The van der Waals surface area contributed by atoms with Crippen LogP contribution in [0.4, 0.5) is 15.8 Å². The van der Waals surface area contributed by atoms with Crippen LogP contribution in [0.3, 0.4) is 0 Å². The van der Waals surface area contributed by atoms with Crippen LogP contribution in [0.1, 0.15) is 17.2 Å². The molecule has 0 aliphatic carbocycles. The van der Waals surface area contributed by atoms with Crippen LogP contribution in [0.2, 0.25) is 5.02 Å². The number of nitrogens with zero attached hydrogens (tertiary/aromatic N) is 3. The Hall–Kier alpha value is -3.00. The zero-order chi connectivity index (χ0) is 28.8. The first-order valence-electron chi connectivity index (χ1n) is 11.9. The van der Waals surface area contributed by atoms with Crippen LogP contribution >= 0.6 is 27.5 Å². The molecule has 0 saturated heterocycles. The molecule has 2 atom stereocenters. The van der Waals surface area contributed by atoms with Gasteiger partial charge in [-0.05, 0) is 53.2 Å². The quantitative estimate of drug-likeness (QED) is 0.260. The topological polar surface area (TPSA) is 120 Å². The molecule has 5 rings (SSSR count). The highest BCUT2D eigenvalue weighted by Gasteiger charge is 2.42. The number of nitrogens with one attached hydrogen (secondary N) is 1. The monoisotopic (exact) mass is 668 g/mol. The molecule has 0 amide bonds. The fourth-order valence-electron chi connectivity index (χ4n) is 4.35. The van der Waals surface area contributed by atoms with E-state index >= 15 is 4.39 Å². The summed E-state index contributed by atoms with van der Waals surface area (Å²) < 4.78 is 74.9. The number of benzene rings is 3. The molecule has 210 valence electrons. The van der Waals surface area contributed by atoms with Gasteiger partial charge in [0.05, 0.1) is 38.9 Å². The van der Waals surface area contributed by atoms with Gasteiger partial charge >= 0.3 is 0 Å². The van der Waals surface area contributed by atoms with Gasteiger partial charge in [0.2, 0.25) is 9.84 Å². The summed E-state index contributed by atoms with van der Waals surface area (Å²) in [4.78, 5) is 8.33. The minimum atomic E-state index is -4.06. The molecular formula is C26H23BrClFN4O5S2. The van der Waals surface area contributed by atoms with E-state index in [1.807, 2.05) is 6.92 Å². The fourth-order valence-corrected chi connectivity index (χ4v) is 6.96. The van der Waals surface area contributed by atoms with E-state index in [4.69, 9.17) is 16.3 Å². The molecule has 14 heteroatoms. The summed E-state index contributed by atoms with van der Waals surface area (Å²) in [7, 11) is -7.38. The van der Waals surface area contributed by atoms with Crippen LogP contribution in [-0.4, -0.2) is 50.2 Å². The van der Waals surface area contributed by atoms with Gasteiger partial charge in [0.1, 0.15) is 15.4 Å². The zero-order valence-corrected chi connectivity index (χ0v) is 25.2. The van der Waals surface area contributed by atoms with Crippen molar-refractivity contribution in [1.29, 1.82) is 0 Å². The van der Waals surface area contributed by atoms with Gasteiger partial charge in [0.15, 0.2) is 23.7 Å². The smallest absolute Gasteiger partial charge is 0.205 e. The standard InChI is InChI=1S/C26H23BrClFN4O5S2/c1-15-6-8-16(9-7-15)40(36,37)26-25(38-14-31-26)17-12-20-24(30-13-33(20)10-11-39(2,34)35)22(29)23(17)32-19-5-3-4-18(27)21(19)28/h3-9,12-14,25-26,32H,10-11H2,1-2H3. The largest absolute Gasteiger partial charge is 0.472 e. The maximum Gasteiger partial charge on any atom is 0.205 e. The molecule has 0 bridgehead atoms. The van der Waals surface area contributed by atoms with Crippen molar-refractivity contribution >= 4 is 76.0 Å². The van der Waals surface area contributed by atoms with Gasteiger partial charge in [-0.1, -0.05) is 35.4 Å². The summed E-state index contributed by atoms with van der Waals surface area (Å²) in [6.45, 7) is 1.86. The summed E-state index contributed by atoms with van der Waals surface area (Å²) in [6, 6.07) is 12.9. The number of hydrogen-bond acceptors (Lipinski definition) is 8. The number of halogens is 3. The van der Waals surface area contributed by atoms with Crippen LogP contribution in [0.15, 0.2) is 69.2 Å². The number of hydrogen-bond donors (Lipinski definition) is 1. The van der Waals surface area contributed by atoms with E-state index in [9.17, 15) is 16.8 Å². The highest BCUT2D eigenvalue weighted by atomic mass is 79.9. The second-order valence-corrected chi connectivity index (χ2v) is 14.9. The van der Waals surface area contributed by atoms with E-state index in [0.717, 1.165) is 18.2 Å². The van der Waals surface area contributed by atoms with Crippen LogP contribution in [-0.2, 0) is 31.0 Å². The van der Waals surface area contributed by atoms with Gasteiger partial charge in [-0.25, -0.2) is 31.2 Å². The molecule has 0 fully saturated rings. The Labute approximate surface area is 244 Å². The molecule has 9 nitrogen and oxygen atoms in total. The van der Waals surface area contributed by atoms with Gasteiger partial charge < -0.3 is 14.6 Å². The van der Waals surface area contributed by atoms with E-state index in [0.29, 0.717) is 10.2 Å². The Bertz CT molecular complexity index is 1860. The number of aliphatic imine (C=N–C) groups is 1. The Balaban J connectivity index is 1.68. The number of anilines is 2. The second-order valence-electron chi connectivity index (χ2n) is 9.38. The first kappa shape index (κ1) is 28.5. The summed E-state index contributed by atoms with van der Waals surface area (Å²) >= 11 is 9.80. The van der Waals surface area contributed by atoms with Crippen LogP contribution in [0, 0.1) is 12.7 Å². The van der Waals surface area contributed by atoms with Crippen molar-refractivity contribution in [2.45, 2.75) is 29.8 Å². The molecule has 1 N–H and O–H groups in total. The average molecular weight is 670 g/mol. The molecule has 0 radical (unpaired) electrons. The number of sulfone groups is 2. The van der Waals surface area contributed by atoms with E-state index in [1.165, 1.54) is 23.0 Å². The van der Waals surface area contributed by atoms with Crippen molar-refractivity contribution < 1.29 is 26.0 Å². The molecule has 3 aromatic carbocycles. The van der Waals surface area contributed by atoms with Crippen molar-refractivity contribution in [2.24, 2.45) is 4.99 Å². The maximum atomic E-state index is 16.2. The predicted molar refractivity (Wildman–Crippen MR) is 156 cm³/mol. The number of aromatic nitrogens is 2. The molecule has 4 aromatic rings. The third-order valence-electron chi connectivity index (χ3n) is 6.45. The summed E-state index contributed by atoms with van der Waals surface area (Å²) in [5.41, 5.74) is 1.50. The van der Waals surface area contributed by atoms with Crippen LogP contribution in [0.5, 0.6) is 0 Å². The lowest BCUT2D eigenvalue weighted by molar-refractivity contribution is 0.227. The Morgan fingerprint density at radius 1 is 1.15 bits per heavy atom. The first-order chi connectivity index (χ1) is 18.9. The summed E-state index contributed by atoms with van der Waals surface area (Å²) in [5, 5.41) is 1.85. The van der Waals surface area contributed by atoms with Crippen LogP contribution in [0.25, 0.3) is 11.0 Å². The van der Waals surface area contributed by atoms with Gasteiger partial charge in [-0.3, -0.25) is 0 Å². The molecule has 40 heavy (non-hydrogen) atoms. The lowest BCUT2D eigenvalue weighted by Gasteiger charge is -2.23. The van der Waals surface area contributed by atoms with Gasteiger partial charge in [0.25, 0.3) is 0 Å². The zero-order valence-electron chi connectivity index (χ0n) is 21.2. The van der Waals surface area contributed by atoms with E-state index in [2.05, 4.69) is 31.2 Å². The third kappa shape index (κ3) is 5.47.